The quantitative estimate of drug-likeness (QED) is 0.452. The lowest BCUT2D eigenvalue weighted by Gasteiger charge is -2.13. The lowest BCUT2D eigenvalue weighted by atomic mass is 9.94. The number of aldehydes is 1. The van der Waals surface area contributed by atoms with E-state index in [9.17, 15) is 4.79 Å². The number of carbonyl (C=O) groups excluding carboxylic acids is 1. The van der Waals surface area contributed by atoms with Crippen molar-refractivity contribution in [2.24, 2.45) is 5.92 Å². The molecule has 1 aromatic carbocycles. The summed E-state index contributed by atoms with van der Waals surface area (Å²) in [6, 6.07) is 6.00. The van der Waals surface area contributed by atoms with Crippen molar-refractivity contribution in [3.63, 3.8) is 0 Å². The van der Waals surface area contributed by atoms with Gasteiger partial charge in [0.25, 0.3) is 0 Å². The second kappa shape index (κ2) is 16.6. The van der Waals surface area contributed by atoms with Gasteiger partial charge < -0.3 is 10.3 Å². The Morgan fingerprint density at radius 2 is 1.71 bits per heavy atom. The third kappa shape index (κ3) is 9.71. The van der Waals surface area contributed by atoms with Crippen LogP contribution in [0.4, 0.5) is 11.5 Å². The molecule has 2 N–H and O–H groups in total. The highest BCUT2D eigenvalue weighted by Gasteiger charge is 2.17. The lowest BCUT2D eigenvalue weighted by Crippen LogP contribution is -2.03. The Bertz CT molecular complexity index is 728. The van der Waals surface area contributed by atoms with Gasteiger partial charge in [-0.15, -0.1) is 0 Å². The summed E-state index contributed by atoms with van der Waals surface area (Å²) in [5.74, 6) is 2.95. The topological polar surface area (TPSA) is 57.8 Å². The number of aromatic amines is 1. The molecule has 4 heteroatoms. The van der Waals surface area contributed by atoms with Crippen molar-refractivity contribution < 1.29 is 4.79 Å². The van der Waals surface area contributed by atoms with E-state index >= 15 is 0 Å². The van der Waals surface area contributed by atoms with E-state index < -0.39 is 0 Å². The van der Waals surface area contributed by atoms with E-state index in [4.69, 9.17) is 0 Å². The second-order valence-corrected chi connectivity index (χ2v) is 7.97. The molecular weight excluding hydrogens is 382 g/mol. The maximum Gasteiger partial charge on any atom is 0.151 e. The summed E-state index contributed by atoms with van der Waals surface area (Å²) in [4.78, 5) is 19.3. The molecule has 0 spiro atoms. The molecular formula is C27H47N3O. The standard InChI is InChI=1S/C20H27N3O.C3H8.2C2H6/c1-13(2)19-21-14(3)20(23-19)22-18-9-8-16(12-24)17(11-18)10-15-6-4-5-7-15;1-3-2;2*1-2/h8-9,11-13,15,22H,4-7,10H2,1-3H3,(H,21,23);3H2,1-2H3;2*1-2H3. The highest BCUT2D eigenvalue weighted by Crippen LogP contribution is 2.30. The third-order valence-corrected chi connectivity index (χ3v) is 4.97. The Labute approximate surface area is 191 Å². The summed E-state index contributed by atoms with van der Waals surface area (Å²) in [7, 11) is 0. The molecule has 1 aliphatic carbocycles. The average Bonchev–Trinajstić information content (AvgIpc) is 3.42. The molecule has 0 saturated heterocycles. The van der Waals surface area contributed by atoms with Gasteiger partial charge in [-0.25, -0.2) is 4.98 Å². The van der Waals surface area contributed by atoms with Crippen molar-refractivity contribution in [3.05, 3.63) is 40.8 Å². The first kappa shape index (κ1) is 28.9. The molecule has 31 heavy (non-hydrogen) atoms. The van der Waals surface area contributed by atoms with Gasteiger partial charge in [-0.3, -0.25) is 4.79 Å². The Morgan fingerprint density at radius 3 is 2.19 bits per heavy atom. The number of hydrogen-bond acceptors (Lipinski definition) is 3. The maximum absolute atomic E-state index is 11.4. The van der Waals surface area contributed by atoms with E-state index in [1.165, 1.54) is 32.1 Å². The molecule has 0 bridgehead atoms. The summed E-state index contributed by atoms with van der Waals surface area (Å²) in [5, 5.41) is 3.41. The average molecular weight is 430 g/mol. The van der Waals surface area contributed by atoms with Crippen LogP contribution in [0.2, 0.25) is 0 Å². The normalized spacial score (nSPS) is 12.7. The molecule has 0 atom stereocenters. The van der Waals surface area contributed by atoms with Crippen LogP contribution in [-0.4, -0.2) is 16.3 Å². The molecule has 176 valence electrons. The fourth-order valence-electron chi connectivity index (χ4n) is 3.52. The highest BCUT2D eigenvalue weighted by molar-refractivity contribution is 5.79. The summed E-state index contributed by atoms with van der Waals surface area (Å²) >= 11 is 0. The zero-order chi connectivity index (χ0) is 23.8. The SMILES string of the molecule is CC.CC.CCC.Cc1[nH]c(C(C)C)nc1Nc1ccc(C=O)c(CC2CCCC2)c1. The number of H-pyrrole nitrogens is 1. The van der Waals surface area contributed by atoms with Crippen molar-refractivity contribution in [2.75, 3.05) is 5.32 Å². The molecule has 2 aromatic rings. The zero-order valence-electron chi connectivity index (χ0n) is 21.6. The molecule has 0 aliphatic heterocycles. The number of benzene rings is 1. The maximum atomic E-state index is 11.4. The predicted molar refractivity (Wildman–Crippen MR) is 137 cm³/mol. The molecule has 1 saturated carbocycles. The molecule has 1 heterocycles. The number of hydrogen-bond donors (Lipinski definition) is 2. The van der Waals surface area contributed by atoms with Gasteiger partial charge in [0.05, 0.1) is 5.69 Å². The predicted octanol–water partition coefficient (Wildman–Crippen LogP) is 8.60. The van der Waals surface area contributed by atoms with Gasteiger partial charge in [-0.05, 0) is 43.0 Å². The number of aryl methyl sites for hydroxylation is 1. The van der Waals surface area contributed by atoms with E-state index in [1.54, 1.807) is 0 Å². The van der Waals surface area contributed by atoms with Crippen molar-refractivity contribution in [1.29, 1.82) is 0 Å². The fraction of sp³-hybridized carbons (Fsp3) is 0.630. The monoisotopic (exact) mass is 429 g/mol. The van der Waals surface area contributed by atoms with Crippen LogP contribution < -0.4 is 5.32 Å². The Kier molecular flexibility index (Phi) is 15.5. The molecule has 3 rings (SSSR count). The second-order valence-electron chi connectivity index (χ2n) is 7.97. The summed E-state index contributed by atoms with van der Waals surface area (Å²) < 4.78 is 0. The van der Waals surface area contributed by atoms with Crippen LogP contribution in [0.15, 0.2) is 18.2 Å². The van der Waals surface area contributed by atoms with Gasteiger partial charge in [0.2, 0.25) is 0 Å². The zero-order valence-corrected chi connectivity index (χ0v) is 21.6. The third-order valence-electron chi connectivity index (χ3n) is 4.97. The van der Waals surface area contributed by atoms with Crippen LogP contribution in [0.25, 0.3) is 0 Å². The summed E-state index contributed by atoms with van der Waals surface area (Å²) in [6.45, 7) is 18.5. The summed E-state index contributed by atoms with van der Waals surface area (Å²) in [6.07, 6.45) is 8.44. The van der Waals surface area contributed by atoms with Gasteiger partial charge in [0.1, 0.15) is 12.1 Å². The van der Waals surface area contributed by atoms with Crippen molar-refractivity contribution in [1.82, 2.24) is 9.97 Å². The van der Waals surface area contributed by atoms with Crippen LogP contribution in [0, 0.1) is 12.8 Å². The van der Waals surface area contributed by atoms with E-state index in [2.05, 4.69) is 49.0 Å². The van der Waals surface area contributed by atoms with Crippen LogP contribution >= 0.6 is 0 Å². The van der Waals surface area contributed by atoms with E-state index in [-0.39, 0.29) is 0 Å². The smallest absolute Gasteiger partial charge is 0.151 e. The fourth-order valence-corrected chi connectivity index (χ4v) is 3.52. The summed E-state index contributed by atoms with van der Waals surface area (Å²) in [5.41, 5.74) is 4.00. The number of rotatable bonds is 6. The molecule has 1 aliphatic rings. The minimum absolute atomic E-state index is 0.370. The number of imidazole rings is 1. The van der Waals surface area contributed by atoms with Crippen LogP contribution in [0.1, 0.15) is 121 Å². The first-order valence-corrected chi connectivity index (χ1v) is 12.4. The first-order valence-electron chi connectivity index (χ1n) is 12.4. The molecule has 0 unspecified atom stereocenters. The van der Waals surface area contributed by atoms with Gasteiger partial charge in [-0.2, -0.15) is 0 Å². The van der Waals surface area contributed by atoms with E-state index in [1.807, 2.05) is 46.8 Å². The van der Waals surface area contributed by atoms with Crippen LogP contribution in [0.5, 0.6) is 0 Å². The van der Waals surface area contributed by atoms with Gasteiger partial charge >= 0.3 is 0 Å². The Balaban J connectivity index is 0.00000116. The molecule has 1 aromatic heterocycles. The van der Waals surface area contributed by atoms with Crippen molar-refractivity contribution >= 4 is 17.8 Å². The van der Waals surface area contributed by atoms with E-state index in [0.29, 0.717) is 5.92 Å². The first-order chi connectivity index (χ1) is 15.0. The van der Waals surface area contributed by atoms with Crippen LogP contribution in [-0.2, 0) is 6.42 Å². The molecule has 0 radical (unpaired) electrons. The largest absolute Gasteiger partial charge is 0.344 e. The number of carbonyl (C=O) groups is 1. The molecule has 4 nitrogen and oxygen atoms in total. The minimum Gasteiger partial charge on any atom is -0.344 e. The minimum atomic E-state index is 0.370. The lowest BCUT2D eigenvalue weighted by molar-refractivity contribution is 0.112. The van der Waals surface area contributed by atoms with Crippen molar-refractivity contribution in [2.45, 2.75) is 107 Å². The number of nitrogens with zero attached hydrogens (tertiary/aromatic N) is 1. The van der Waals surface area contributed by atoms with E-state index in [0.717, 1.165) is 52.8 Å². The van der Waals surface area contributed by atoms with Gasteiger partial charge in [0, 0.05) is 17.2 Å². The molecule has 0 amide bonds. The number of anilines is 2. The molecule has 1 fully saturated rings. The number of nitrogens with one attached hydrogen (secondary N) is 2. The van der Waals surface area contributed by atoms with Gasteiger partial charge in [-0.1, -0.05) is 87.5 Å². The Morgan fingerprint density at radius 1 is 1.13 bits per heavy atom. The Hall–Kier alpha value is -2.10. The van der Waals surface area contributed by atoms with Gasteiger partial charge in [0.15, 0.2) is 5.82 Å². The number of aromatic nitrogens is 2. The van der Waals surface area contributed by atoms with Crippen molar-refractivity contribution in [3.8, 4) is 0 Å². The van der Waals surface area contributed by atoms with Crippen LogP contribution in [0.3, 0.4) is 0 Å². The highest BCUT2D eigenvalue weighted by atomic mass is 16.1.